The number of rotatable bonds is 6. The van der Waals surface area contributed by atoms with Crippen molar-refractivity contribution in [3.8, 4) is 0 Å². The lowest BCUT2D eigenvalue weighted by molar-refractivity contribution is -0.123. The van der Waals surface area contributed by atoms with E-state index in [-0.39, 0.29) is 23.4 Å². The predicted molar refractivity (Wildman–Crippen MR) is 80.9 cm³/mol. The van der Waals surface area contributed by atoms with Crippen molar-refractivity contribution >= 4 is 23.3 Å². The van der Waals surface area contributed by atoms with Crippen LogP contribution in [0.5, 0.6) is 0 Å². The summed E-state index contributed by atoms with van der Waals surface area (Å²) in [6.07, 6.45) is -3.32. The molecule has 1 unspecified atom stereocenters. The van der Waals surface area contributed by atoms with Gasteiger partial charge < -0.3 is 10.6 Å². The number of hydrogen-bond donors (Lipinski definition) is 3. The van der Waals surface area contributed by atoms with Gasteiger partial charge in [0.15, 0.2) is 11.0 Å². The van der Waals surface area contributed by atoms with Crippen molar-refractivity contribution in [3.63, 3.8) is 0 Å². The maximum Gasteiger partial charge on any atom is 0.286 e. The third-order valence-electron chi connectivity index (χ3n) is 2.82. The summed E-state index contributed by atoms with van der Waals surface area (Å²) in [5.74, 6) is -3.27. The highest BCUT2D eigenvalue weighted by Crippen LogP contribution is 2.19. The van der Waals surface area contributed by atoms with Crippen LogP contribution < -0.4 is 16.4 Å². The van der Waals surface area contributed by atoms with Gasteiger partial charge in [0.2, 0.25) is 11.7 Å². The van der Waals surface area contributed by atoms with E-state index >= 15 is 0 Å². The molecule has 1 rings (SSSR count). The first-order valence-corrected chi connectivity index (χ1v) is 7.11. The first-order chi connectivity index (χ1) is 10.4. The SMILES string of the molecule is CC(C)(C)C(=O)Nc1cc(CNCC(N)(F)C(F)F)c(Cl)nn1. The molecule has 0 saturated carbocycles. The summed E-state index contributed by atoms with van der Waals surface area (Å²) in [7, 11) is 0. The van der Waals surface area contributed by atoms with E-state index in [0.717, 1.165) is 0 Å². The molecule has 0 fully saturated rings. The Morgan fingerprint density at radius 1 is 1.39 bits per heavy atom. The number of nitrogens with zero attached hydrogens (tertiary/aromatic N) is 2. The third kappa shape index (κ3) is 5.92. The van der Waals surface area contributed by atoms with Gasteiger partial charge in [-0.25, -0.2) is 13.2 Å². The molecule has 1 atom stereocenters. The van der Waals surface area contributed by atoms with Crippen molar-refractivity contribution in [2.75, 3.05) is 11.9 Å². The Morgan fingerprint density at radius 2 is 2.00 bits per heavy atom. The van der Waals surface area contributed by atoms with Crippen molar-refractivity contribution < 1.29 is 18.0 Å². The first kappa shape index (κ1) is 19.6. The Bertz CT molecular complexity index is 563. The highest BCUT2D eigenvalue weighted by Gasteiger charge is 2.35. The van der Waals surface area contributed by atoms with Gasteiger partial charge in [-0.15, -0.1) is 10.2 Å². The molecule has 130 valence electrons. The molecule has 6 nitrogen and oxygen atoms in total. The highest BCUT2D eigenvalue weighted by atomic mass is 35.5. The molecule has 0 aromatic carbocycles. The number of aromatic nitrogens is 2. The summed E-state index contributed by atoms with van der Waals surface area (Å²) in [6, 6.07) is 1.42. The predicted octanol–water partition coefficient (Wildman–Crippen LogP) is 2.09. The molecule has 10 heteroatoms. The largest absolute Gasteiger partial charge is 0.309 e. The number of anilines is 1. The van der Waals surface area contributed by atoms with Crippen LogP contribution >= 0.6 is 11.6 Å². The highest BCUT2D eigenvalue weighted by molar-refractivity contribution is 6.30. The van der Waals surface area contributed by atoms with Crippen LogP contribution in [0.15, 0.2) is 6.07 Å². The summed E-state index contributed by atoms with van der Waals surface area (Å²) in [4.78, 5) is 11.9. The number of amides is 1. The molecule has 1 aromatic rings. The maximum absolute atomic E-state index is 13.2. The van der Waals surface area contributed by atoms with Crippen LogP contribution in [0.3, 0.4) is 0 Å². The van der Waals surface area contributed by atoms with E-state index in [1.807, 2.05) is 0 Å². The number of alkyl halides is 3. The molecule has 0 aliphatic rings. The molecular formula is C13H19ClF3N5O. The number of halogens is 4. The van der Waals surface area contributed by atoms with Crippen LogP contribution in [0.1, 0.15) is 26.3 Å². The lowest BCUT2D eigenvalue weighted by Gasteiger charge is -2.20. The van der Waals surface area contributed by atoms with Crippen LogP contribution in [0, 0.1) is 5.41 Å². The molecular weight excluding hydrogens is 335 g/mol. The van der Waals surface area contributed by atoms with Gasteiger partial charge in [-0.1, -0.05) is 32.4 Å². The summed E-state index contributed by atoms with van der Waals surface area (Å²) < 4.78 is 37.8. The van der Waals surface area contributed by atoms with E-state index in [2.05, 4.69) is 20.8 Å². The van der Waals surface area contributed by atoms with Gasteiger partial charge in [0.1, 0.15) is 0 Å². The van der Waals surface area contributed by atoms with Crippen LogP contribution in [0.2, 0.25) is 5.15 Å². The normalized spacial score (nSPS) is 14.7. The van der Waals surface area contributed by atoms with Crippen LogP contribution in [0.25, 0.3) is 0 Å². The second-order valence-electron chi connectivity index (χ2n) is 6.08. The van der Waals surface area contributed by atoms with Gasteiger partial charge in [-0.05, 0) is 6.07 Å². The molecule has 0 bridgehead atoms. The molecule has 23 heavy (non-hydrogen) atoms. The molecule has 1 amide bonds. The molecule has 4 N–H and O–H groups in total. The molecule has 1 aromatic heterocycles. The van der Waals surface area contributed by atoms with E-state index < -0.39 is 24.2 Å². The standard InChI is InChI=1S/C13H19ClF3N5O/c1-12(2,3)11(23)20-8-4-7(9(14)22-21-8)5-19-6-13(17,18)10(15)16/h4,10,19H,5-6,18H2,1-3H3,(H,20,21,23). The molecule has 0 radical (unpaired) electrons. The smallest absolute Gasteiger partial charge is 0.286 e. The van der Waals surface area contributed by atoms with E-state index in [4.69, 9.17) is 17.3 Å². The fourth-order valence-corrected chi connectivity index (χ4v) is 1.53. The number of nitrogens with one attached hydrogen (secondary N) is 2. The summed E-state index contributed by atoms with van der Waals surface area (Å²) >= 11 is 5.84. The van der Waals surface area contributed by atoms with E-state index in [0.29, 0.717) is 5.56 Å². The fourth-order valence-electron chi connectivity index (χ4n) is 1.37. The quantitative estimate of drug-likeness (QED) is 0.681. The van der Waals surface area contributed by atoms with Crippen molar-refractivity contribution in [1.29, 1.82) is 0 Å². The molecule has 0 aliphatic heterocycles. The fraction of sp³-hybridized carbons (Fsp3) is 0.615. The Balaban J connectivity index is 2.73. The summed E-state index contributed by atoms with van der Waals surface area (Å²) in [5, 5.41) is 12.4. The van der Waals surface area contributed by atoms with Gasteiger partial charge in [-0.2, -0.15) is 0 Å². The van der Waals surface area contributed by atoms with Gasteiger partial charge in [0, 0.05) is 24.1 Å². The zero-order valence-corrected chi connectivity index (χ0v) is 13.7. The average molecular weight is 354 g/mol. The minimum atomic E-state index is -3.32. The Morgan fingerprint density at radius 3 is 2.52 bits per heavy atom. The zero-order chi connectivity index (χ0) is 17.8. The molecule has 0 aliphatic carbocycles. The second kappa shape index (κ2) is 7.41. The zero-order valence-electron chi connectivity index (χ0n) is 13.0. The lowest BCUT2D eigenvalue weighted by atomic mass is 9.96. The van der Waals surface area contributed by atoms with Crippen LogP contribution in [-0.2, 0) is 11.3 Å². The van der Waals surface area contributed by atoms with Gasteiger partial charge in [-0.3, -0.25) is 10.5 Å². The number of carbonyl (C=O) groups excluding carboxylic acids is 1. The summed E-state index contributed by atoms with van der Waals surface area (Å²) in [5.41, 5.74) is 4.53. The van der Waals surface area contributed by atoms with Crippen molar-refractivity contribution in [2.45, 2.75) is 39.5 Å². The minimum absolute atomic E-state index is 0.00443. The van der Waals surface area contributed by atoms with Gasteiger partial charge >= 0.3 is 0 Å². The first-order valence-electron chi connectivity index (χ1n) is 6.73. The van der Waals surface area contributed by atoms with Crippen molar-refractivity contribution in [3.05, 3.63) is 16.8 Å². The van der Waals surface area contributed by atoms with Crippen molar-refractivity contribution in [2.24, 2.45) is 11.1 Å². The number of carbonyl (C=O) groups is 1. The van der Waals surface area contributed by atoms with Gasteiger partial charge in [0.25, 0.3) is 6.43 Å². The van der Waals surface area contributed by atoms with Crippen molar-refractivity contribution in [1.82, 2.24) is 15.5 Å². The average Bonchev–Trinajstić information content (AvgIpc) is 2.40. The monoisotopic (exact) mass is 353 g/mol. The maximum atomic E-state index is 13.2. The van der Waals surface area contributed by atoms with Gasteiger partial charge in [0.05, 0.1) is 0 Å². The topological polar surface area (TPSA) is 92.9 Å². The third-order valence-corrected chi connectivity index (χ3v) is 3.14. The van der Waals surface area contributed by atoms with Crippen LogP contribution in [0.4, 0.5) is 19.0 Å². The second-order valence-corrected chi connectivity index (χ2v) is 6.44. The number of nitrogens with two attached hydrogens (primary N) is 1. The van der Waals surface area contributed by atoms with E-state index in [1.54, 1.807) is 20.8 Å². The minimum Gasteiger partial charge on any atom is -0.309 e. The molecule has 0 saturated heterocycles. The van der Waals surface area contributed by atoms with Crippen LogP contribution in [-0.4, -0.2) is 34.9 Å². The van der Waals surface area contributed by atoms with E-state index in [9.17, 15) is 18.0 Å². The summed E-state index contributed by atoms with van der Waals surface area (Å²) in [6.45, 7) is 4.33. The Hall–Kier alpha value is -1.45. The lowest BCUT2D eigenvalue weighted by Crippen LogP contribution is -2.50. The number of hydrogen-bond acceptors (Lipinski definition) is 5. The Kier molecular flexibility index (Phi) is 6.32. The molecule has 0 spiro atoms. The Labute approximate surface area is 137 Å². The molecule has 1 heterocycles. The van der Waals surface area contributed by atoms with E-state index in [1.165, 1.54) is 6.07 Å².